The van der Waals surface area contributed by atoms with Crippen LogP contribution in [0, 0.1) is 11.3 Å². The molecule has 3 heteroatoms. The van der Waals surface area contributed by atoms with E-state index < -0.39 is 0 Å². The minimum atomic E-state index is 0.153. The number of carbonyl (C=O) groups is 1. The minimum Gasteiger partial charge on any atom is -0.355 e. The van der Waals surface area contributed by atoms with Gasteiger partial charge in [0.25, 0.3) is 0 Å². The van der Waals surface area contributed by atoms with E-state index in [1.54, 1.807) is 0 Å². The maximum absolute atomic E-state index is 12.5. The van der Waals surface area contributed by atoms with Gasteiger partial charge in [0.15, 0.2) is 0 Å². The zero-order valence-corrected chi connectivity index (χ0v) is 13.0. The summed E-state index contributed by atoms with van der Waals surface area (Å²) in [6.45, 7) is 5.20. The molecular formula is C18H26N2O. The standard InChI is InChI=1S/C18H26N2O/c1-18(9-4-10-19-12-18)13-20-17(21)16-8-7-14-5-2-3-6-15(14)11-16/h2-3,5-6,16,19H,4,7-13H2,1H3,(H,20,21). The molecule has 1 heterocycles. The summed E-state index contributed by atoms with van der Waals surface area (Å²) in [5.41, 5.74) is 3.00. The van der Waals surface area contributed by atoms with Crippen molar-refractivity contribution in [3.63, 3.8) is 0 Å². The SMILES string of the molecule is CC1(CNC(=O)C2CCc3ccccc3C2)CCCNC1. The fourth-order valence-electron chi connectivity index (χ4n) is 3.64. The normalized spacial score (nSPS) is 28.7. The summed E-state index contributed by atoms with van der Waals surface area (Å²) in [6, 6.07) is 8.53. The Morgan fingerprint density at radius 1 is 1.38 bits per heavy atom. The fraction of sp³-hybridized carbons (Fsp3) is 0.611. The molecule has 3 rings (SSSR count). The van der Waals surface area contributed by atoms with E-state index in [0.29, 0.717) is 0 Å². The molecule has 0 bridgehead atoms. The monoisotopic (exact) mass is 286 g/mol. The maximum Gasteiger partial charge on any atom is 0.223 e. The number of rotatable bonds is 3. The number of nitrogens with one attached hydrogen (secondary N) is 2. The number of piperidine rings is 1. The Kier molecular flexibility index (Phi) is 4.29. The van der Waals surface area contributed by atoms with Crippen LogP contribution in [0.1, 0.15) is 37.3 Å². The van der Waals surface area contributed by atoms with Crippen molar-refractivity contribution >= 4 is 5.91 Å². The maximum atomic E-state index is 12.5. The highest BCUT2D eigenvalue weighted by atomic mass is 16.1. The molecule has 0 radical (unpaired) electrons. The molecule has 2 N–H and O–H groups in total. The van der Waals surface area contributed by atoms with Crippen LogP contribution in [0.25, 0.3) is 0 Å². The molecule has 21 heavy (non-hydrogen) atoms. The van der Waals surface area contributed by atoms with Gasteiger partial charge in [-0.1, -0.05) is 31.2 Å². The highest BCUT2D eigenvalue weighted by molar-refractivity contribution is 5.79. The Morgan fingerprint density at radius 2 is 2.19 bits per heavy atom. The molecule has 1 aliphatic heterocycles. The van der Waals surface area contributed by atoms with Gasteiger partial charge < -0.3 is 10.6 Å². The van der Waals surface area contributed by atoms with Crippen molar-refractivity contribution in [2.75, 3.05) is 19.6 Å². The van der Waals surface area contributed by atoms with Gasteiger partial charge in [-0.25, -0.2) is 0 Å². The topological polar surface area (TPSA) is 41.1 Å². The van der Waals surface area contributed by atoms with E-state index in [1.165, 1.54) is 24.0 Å². The molecule has 0 spiro atoms. The fourth-order valence-corrected chi connectivity index (χ4v) is 3.64. The molecular weight excluding hydrogens is 260 g/mol. The predicted octanol–water partition coefficient (Wildman–Crippen LogP) is 2.30. The van der Waals surface area contributed by atoms with Crippen LogP contribution >= 0.6 is 0 Å². The molecule has 1 aliphatic carbocycles. The number of amides is 1. The van der Waals surface area contributed by atoms with Gasteiger partial charge in [0.05, 0.1) is 0 Å². The first-order chi connectivity index (χ1) is 10.2. The second-order valence-corrected chi connectivity index (χ2v) is 7.02. The third-order valence-corrected chi connectivity index (χ3v) is 5.09. The van der Waals surface area contributed by atoms with E-state index in [-0.39, 0.29) is 17.2 Å². The van der Waals surface area contributed by atoms with Crippen molar-refractivity contribution in [3.05, 3.63) is 35.4 Å². The minimum absolute atomic E-state index is 0.153. The van der Waals surface area contributed by atoms with E-state index >= 15 is 0 Å². The molecule has 2 aliphatic rings. The van der Waals surface area contributed by atoms with Crippen molar-refractivity contribution in [1.29, 1.82) is 0 Å². The van der Waals surface area contributed by atoms with Crippen LogP contribution in [0.3, 0.4) is 0 Å². The van der Waals surface area contributed by atoms with Gasteiger partial charge in [0.1, 0.15) is 0 Å². The summed E-state index contributed by atoms with van der Waals surface area (Å²) in [6.07, 6.45) is 5.33. The van der Waals surface area contributed by atoms with Crippen molar-refractivity contribution < 1.29 is 4.79 Å². The molecule has 1 aromatic carbocycles. The molecule has 0 saturated carbocycles. The first kappa shape index (κ1) is 14.6. The van der Waals surface area contributed by atoms with Crippen molar-refractivity contribution in [2.24, 2.45) is 11.3 Å². The van der Waals surface area contributed by atoms with Crippen LogP contribution < -0.4 is 10.6 Å². The Hall–Kier alpha value is -1.35. The van der Waals surface area contributed by atoms with Gasteiger partial charge in [0, 0.05) is 19.0 Å². The third-order valence-electron chi connectivity index (χ3n) is 5.09. The molecule has 114 valence electrons. The van der Waals surface area contributed by atoms with Gasteiger partial charge in [-0.05, 0) is 55.2 Å². The highest BCUT2D eigenvalue weighted by Gasteiger charge is 2.29. The zero-order valence-electron chi connectivity index (χ0n) is 13.0. The molecule has 2 unspecified atom stereocenters. The second kappa shape index (κ2) is 6.18. The molecule has 2 atom stereocenters. The quantitative estimate of drug-likeness (QED) is 0.895. The summed E-state index contributed by atoms with van der Waals surface area (Å²) in [5.74, 6) is 0.399. The average molecular weight is 286 g/mol. The average Bonchev–Trinajstić information content (AvgIpc) is 2.53. The number of hydrogen-bond donors (Lipinski definition) is 2. The van der Waals surface area contributed by atoms with Crippen molar-refractivity contribution in [3.8, 4) is 0 Å². The molecule has 3 nitrogen and oxygen atoms in total. The number of aryl methyl sites for hydroxylation is 1. The van der Waals surface area contributed by atoms with Crippen LogP contribution in [0.5, 0.6) is 0 Å². The number of hydrogen-bond acceptors (Lipinski definition) is 2. The van der Waals surface area contributed by atoms with Gasteiger partial charge in [0.2, 0.25) is 5.91 Å². The lowest BCUT2D eigenvalue weighted by Crippen LogP contribution is -2.47. The molecule has 1 amide bonds. The molecule has 1 saturated heterocycles. The van der Waals surface area contributed by atoms with E-state index in [4.69, 9.17) is 0 Å². The Labute approximate surface area is 127 Å². The largest absolute Gasteiger partial charge is 0.355 e. The van der Waals surface area contributed by atoms with E-state index in [2.05, 4.69) is 41.8 Å². The smallest absolute Gasteiger partial charge is 0.223 e. The van der Waals surface area contributed by atoms with Gasteiger partial charge >= 0.3 is 0 Å². The lowest BCUT2D eigenvalue weighted by Gasteiger charge is -2.35. The summed E-state index contributed by atoms with van der Waals surface area (Å²) < 4.78 is 0. The first-order valence-corrected chi connectivity index (χ1v) is 8.22. The zero-order chi connectivity index (χ0) is 14.7. The number of carbonyl (C=O) groups excluding carboxylic acids is 1. The van der Waals surface area contributed by atoms with Gasteiger partial charge in [-0.2, -0.15) is 0 Å². The Bertz CT molecular complexity index is 506. The number of fused-ring (bicyclic) bond motifs is 1. The van der Waals surface area contributed by atoms with Crippen LogP contribution in [0.2, 0.25) is 0 Å². The predicted molar refractivity (Wildman–Crippen MR) is 85.2 cm³/mol. The lowest BCUT2D eigenvalue weighted by molar-refractivity contribution is -0.125. The Morgan fingerprint density at radius 3 is 2.95 bits per heavy atom. The highest BCUT2D eigenvalue weighted by Crippen LogP contribution is 2.27. The van der Waals surface area contributed by atoms with Crippen LogP contribution in [0.15, 0.2) is 24.3 Å². The third kappa shape index (κ3) is 3.46. The first-order valence-electron chi connectivity index (χ1n) is 8.22. The van der Waals surface area contributed by atoms with Crippen LogP contribution in [-0.4, -0.2) is 25.5 Å². The summed E-state index contributed by atoms with van der Waals surface area (Å²) in [7, 11) is 0. The summed E-state index contributed by atoms with van der Waals surface area (Å²) in [5, 5.41) is 6.65. The van der Waals surface area contributed by atoms with Crippen molar-refractivity contribution in [1.82, 2.24) is 10.6 Å². The Balaban J connectivity index is 1.55. The molecule has 0 aromatic heterocycles. The molecule has 1 aromatic rings. The molecule has 1 fully saturated rings. The lowest BCUT2D eigenvalue weighted by atomic mass is 9.81. The van der Waals surface area contributed by atoms with Gasteiger partial charge in [-0.15, -0.1) is 0 Å². The number of benzene rings is 1. The summed E-state index contributed by atoms with van der Waals surface area (Å²) >= 11 is 0. The van der Waals surface area contributed by atoms with Crippen LogP contribution in [-0.2, 0) is 17.6 Å². The van der Waals surface area contributed by atoms with E-state index in [9.17, 15) is 4.79 Å². The van der Waals surface area contributed by atoms with Crippen LogP contribution in [0.4, 0.5) is 0 Å². The van der Waals surface area contributed by atoms with E-state index in [0.717, 1.165) is 38.9 Å². The summed E-state index contributed by atoms with van der Waals surface area (Å²) in [4.78, 5) is 12.5. The van der Waals surface area contributed by atoms with E-state index in [1.807, 2.05) is 0 Å². The van der Waals surface area contributed by atoms with Gasteiger partial charge in [-0.3, -0.25) is 4.79 Å². The van der Waals surface area contributed by atoms with Crippen molar-refractivity contribution in [2.45, 2.75) is 39.0 Å². The second-order valence-electron chi connectivity index (χ2n) is 7.02.